The van der Waals surface area contributed by atoms with Crippen molar-refractivity contribution in [1.82, 2.24) is 20.3 Å². The predicted molar refractivity (Wildman–Crippen MR) is 208 cm³/mol. The number of hydrogen-bond acceptors (Lipinski definition) is 10. The summed E-state index contributed by atoms with van der Waals surface area (Å²) in [5.41, 5.74) is -5.48. The van der Waals surface area contributed by atoms with Crippen LogP contribution in [0.2, 0.25) is 5.02 Å². The molecule has 3 N–H and O–H groups in total. The summed E-state index contributed by atoms with van der Waals surface area (Å²) in [5, 5.41) is 5.41. The van der Waals surface area contributed by atoms with E-state index in [1.807, 2.05) is 4.72 Å². The van der Waals surface area contributed by atoms with Gasteiger partial charge in [-0.1, -0.05) is 64.4 Å². The molecule has 0 bridgehead atoms. The second-order valence-corrected chi connectivity index (χ2v) is 18.5. The summed E-state index contributed by atoms with van der Waals surface area (Å²) in [6.07, 6.45) is -4.62. The second-order valence-electron chi connectivity index (χ2n) is 16.8. The molecule has 14 nitrogen and oxygen atoms in total. The molecule has 324 valence electrons. The van der Waals surface area contributed by atoms with Crippen molar-refractivity contribution in [3.8, 4) is 0 Å². The monoisotopic (exact) mass is 862 g/mol. The van der Waals surface area contributed by atoms with Crippen LogP contribution in [0.25, 0.3) is 5.76 Å². The maximum atomic E-state index is 14.6. The Hall–Kier alpha value is -4.03. The van der Waals surface area contributed by atoms with Crippen LogP contribution in [-0.4, -0.2) is 91.4 Å². The van der Waals surface area contributed by atoms with Gasteiger partial charge in [0.2, 0.25) is 17.4 Å². The standard InChI is InChI=1S/C39H54ClF3N4O10S/c1-11-24-20-38(24,33(50)46-58(52,53)57-37(10)16-17-37)45-31(48)28-19-25(55-29(18-22(3)54-12-2)26-14-13-15-27(40)23(26)4)21-47(28)32(49)30(35(5,6)7)44-34(51)56-36(8,9)39(41,42)43/h13-15,18,24-25,28,30H,3,11-12,16-17,19-21H2,1-2,4-10H3,(H,44,51)(H,45,48)(H,46,50)/b29-18+/t24-,25-,28+,30-,38-/m1/s1. The van der Waals surface area contributed by atoms with Crippen LogP contribution < -0.4 is 15.4 Å². The third-order valence-corrected chi connectivity index (χ3v) is 12.0. The third-order valence-electron chi connectivity index (χ3n) is 10.5. The average molecular weight is 863 g/mol. The first-order chi connectivity index (χ1) is 26.6. The molecule has 1 saturated heterocycles. The molecule has 2 saturated carbocycles. The molecule has 4 amide bonds. The molecule has 5 atom stereocenters. The van der Waals surface area contributed by atoms with Crippen LogP contribution in [-0.2, 0) is 43.1 Å². The average Bonchev–Trinajstić information content (AvgIpc) is 3.95. The molecule has 1 aromatic carbocycles. The van der Waals surface area contributed by atoms with Crippen molar-refractivity contribution < 1.29 is 59.2 Å². The van der Waals surface area contributed by atoms with Gasteiger partial charge in [0.05, 0.1) is 18.8 Å². The van der Waals surface area contributed by atoms with Crippen LogP contribution in [0, 0.1) is 18.3 Å². The number of ether oxygens (including phenoxy) is 3. The Kier molecular flexibility index (Phi) is 13.6. The second kappa shape index (κ2) is 16.9. The molecule has 58 heavy (non-hydrogen) atoms. The van der Waals surface area contributed by atoms with Crippen LogP contribution in [0.3, 0.4) is 0 Å². The van der Waals surface area contributed by atoms with Crippen LogP contribution in [0.4, 0.5) is 18.0 Å². The molecule has 1 aliphatic heterocycles. The van der Waals surface area contributed by atoms with E-state index in [1.54, 1.807) is 66.7 Å². The van der Waals surface area contributed by atoms with E-state index in [4.69, 9.17) is 30.0 Å². The summed E-state index contributed by atoms with van der Waals surface area (Å²) >= 11 is 6.45. The number of allylic oxidation sites excluding steroid dienone is 1. The summed E-state index contributed by atoms with van der Waals surface area (Å²) in [5.74, 6) is -2.72. The van der Waals surface area contributed by atoms with Crippen LogP contribution >= 0.6 is 11.6 Å². The number of rotatable bonds is 16. The Balaban J connectivity index is 1.71. The molecular formula is C39H54ClF3N4O10S. The van der Waals surface area contributed by atoms with Crippen molar-refractivity contribution in [2.75, 3.05) is 13.2 Å². The highest BCUT2D eigenvalue weighted by atomic mass is 35.5. The van der Waals surface area contributed by atoms with E-state index in [9.17, 15) is 40.8 Å². The summed E-state index contributed by atoms with van der Waals surface area (Å²) < 4.78 is 90.4. The highest BCUT2D eigenvalue weighted by molar-refractivity contribution is 7.85. The Morgan fingerprint density at radius 2 is 1.74 bits per heavy atom. The summed E-state index contributed by atoms with van der Waals surface area (Å²) in [6, 6.07) is 2.20. The lowest BCUT2D eigenvalue weighted by molar-refractivity contribution is -0.244. The van der Waals surface area contributed by atoms with Gasteiger partial charge in [-0.15, -0.1) is 0 Å². The van der Waals surface area contributed by atoms with Gasteiger partial charge in [-0.05, 0) is 76.8 Å². The van der Waals surface area contributed by atoms with Crippen LogP contribution in [0.15, 0.2) is 36.6 Å². The van der Waals surface area contributed by atoms with E-state index in [2.05, 4.69) is 17.2 Å². The largest absolute Gasteiger partial charge is 0.494 e. The van der Waals surface area contributed by atoms with Crippen molar-refractivity contribution in [2.45, 2.75) is 136 Å². The van der Waals surface area contributed by atoms with Crippen LogP contribution in [0.1, 0.15) is 98.6 Å². The number of benzene rings is 1. The third kappa shape index (κ3) is 11.0. The van der Waals surface area contributed by atoms with Gasteiger partial charge in [-0.3, -0.25) is 14.4 Å². The van der Waals surface area contributed by atoms with Crippen molar-refractivity contribution >= 4 is 51.5 Å². The lowest BCUT2D eigenvalue weighted by Gasteiger charge is -2.36. The zero-order chi connectivity index (χ0) is 43.8. The van der Waals surface area contributed by atoms with Gasteiger partial charge in [0.25, 0.3) is 5.91 Å². The minimum absolute atomic E-state index is 0.0852. The number of alkyl carbamates (subject to hydrolysis) is 1. The fourth-order valence-corrected chi connectivity index (χ4v) is 7.91. The molecule has 0 radical (unpaired) electrons. The molecule has 4 rings (SSSR count). The molecule has 0 aromatic heterocycles. The highest BCUT2D eigenvalue weighted by Gasteiger charge is 2.62. The van der Waals surface area contributed by atoms with Gasteiger partial charge in [0, 0.05) is 23.1 Å². The van der Waals surface area contributed by atoms with Gasteiger partial charge in [-0.25, -0.2) is 13.7 Å². The minimum Gasteiger partial charge on any atom is -0.494 e. The smallest absolute Gasteiger partial charge is 0.427 e. The van der Waals surface area contributed by atoms with E-state index >= 15 is 0 Å². The van der Waals surface area contributed by atoms with Gasteiger partial charge in [-0.2, -0.15) is 21.6 Å². The first-order valence-corrected chi connectivity index (χ1v) is 20.8. The number of likely N-dealkylation sites (tertiary alicyclic amines) is 1. The summed E-state index contributed by atoms with van der Waals surface area (Å²) in [7, 11) is -4.55. The number of halogens is 4. The molecule has 19 heteroatoms. The SMILES string of the molecule is C=C(/C=C(/O[C@@H]1C[C@@H](C(=O)N[C@]2(C(=O)NS(=O)(=O)OC3(C)CC3)C[C@H]2CC)N(C(=O)[C@@H](NC(=O)OC(C)(C)C(F)(F)F)C(C)(C)C)C1)c1cccc(Cl)c1C)OCC. The number of carbonyl (C=O) groups is 4. The lowest BCUT2D eigenvalue weighted by Crippen LogP contribution is -2.60. The van der Waals surface area contributed by atoms with Gasteiger partial charge < -0.3 is 29.7 Å². The fourth-order valence-electron chi connectivity index (χ4n) is 6.59. The number of hydrogen-bond donors (Lipinski definition) is 3. The van der Waals surface area contributed by atoms with Crippen LogP contribution in [0.5, 0.6) is 0 Å². The normalized spacial score (nSPS) is 23.6. The zero-order valence-corrected chi connectivity index (χ0v) is 35.8. The fraction of sp³-hybridized carbons (Fsp3) is 0.641. The Bertz CT molecular complexity index is 1930. The lowest BCUT2D eigenvalue weighted by atomic mass is 9.85. The number of alkyl halides is 3. The minimum atomic E-state index is -4.93. The predicted octanol–water partition coefficient (Wildman–Crippen LogP) is 6.22. The van der Waals surface area contributed by atoms with E-state index < -0.39 is 86.6 Å². The zero-order valence-electron chi connectivity index (χ0n) is 34.2. The van der Waals surface area contributed by atoms with Crippen molar-refractivity contribution in [3.63, 3.8) is 0 Å². The molecule has 3 aliphatic rings. The molecular weight excluding hydrogens is 809 g/mol. The van der Waals surface area contributed by atoms with E-state index in [0.717, 1.165) is 4.90 Å². The molecule has 0 unspecified atom stereocenters. The van der Waals surface area contributed by atoms with E-state index in [1.165, 1.54) is 6.08 Å². The molecule has 1 aromatic rings. The van der Waals surface area contributed by atoms with Gasteiger partial charge >= 0.3 is 22.6 Å². The summed E-state index contributed by atoms with van der Waals surface area (Å²) in [6.45, 7) is 16.8. The summed E-state index contributed by atoms with van der Waals surface area (Å²) in [4.78, 5) is 56.7. The molecule has 3 fully saturated rings. The van der Waals surface area contributed by atoms with E-state index in [-0.39, 0.29) is 37.5 Å². The first kappa shape index (κ1) is 46.7. The molecule has 2 aliphatic carbocycles. The Morgan fingerprint density at radius 1 is 1.10 bits per heavy atom. The molecule has 0 spiro atoms. The first-order valence-electron chi connectivity index (χ1n) is 19.0. The number of nitrogens with zero attached hydrogens (tertiary/aromatic N) is 1. The number of amides is 4. The van der Waals surface area contributed by atoms with Gasteiger partial charge in [0.1, 0.15) is 35.2 Å². The van der Waals surface area contributed by atoms with Crippen molar-refractivity contribution in [3.05, 3.63) is 52.8 Å². The number of nitrogens with one attached hydrogen (secondary N) is 3. The van der Waals surface area contributed by atoms with Crippen molar-refractivity contribution in [1.29, 1.82) is 0 Å². The van der Waals surface area contributed by atoms with E-state index in [0.29, 0.717) is 49.3 Å². The molecule has 1 heterocycles. The Morgan fingerprint density at radius 3 is 2.28 bits per heavy atom. The number of carbonyl (C=O) groups excluding carboxylic acids is 4. The van der Waals surface area contributed by atoms with Crippen molar-refractivity contribution in [2.24, 2.45) is 11.3 Å². The van der Waals surface area contributed by atoms with Gasteiger partial charge in [0.15, 0.2) is 0 Å². The maximum absolute atomic E-state index is 14.6. The topological polar surface area (TPSA) is 179 Å². The quantitative estimate of drug-likeness (QED) is 0.128. The Labute approximate surface area is 342 Å². The highest BCUT2D eigenvalue weighted by Crippen LogP contribution is 2.47. The maximum Gasteiger partial charge on any atom is 0.427 e.